The lowest BCUT2D eigenvalue weighted by molar-refractivity contribution is 0.0934. The van der Waals surface area contributed by atoms with E-state index < -0.39 is 6.04 Å². The molecule has 0 spiro atoms. The number of thioether (sulfide) groups is 1. The maximum absolute atomic E-state index is 13.8. The molecular formula is C37H30ClFN4OS. The summed E-state index contributed by atoms with van der Waals surface area (Å²) < 4.78 is 15.5. The van der Waals surface area contributed by atoms with Crippen LogP contribution in [0, 0.1) is 12.7 Å². The molecule has 0 fully saturated rings. The van der Waals surface area contributed by atoms with Crippen molar-refractivity contribution >= 4 is 29.3 Å². The zero-order valence-corrected chi connectivity index (χ0v) is 26.1. The van der Waals surface area contributed by atoms with Gasteiger partial charge in [-0.15, -0.1) is 10.2 Å². The first-order valence-corrected chi connectivity index (χ1v) is 15.9. The summed E-state index contributed by atoms with van der Waals surface area (Å²) in [6.07, 6.45) is 0.495. The number of hydrogen-bond donors (Lipinski definition) is 1. The van der Waals surface area contributed by atoms with Gasteiger partial charge in [0.05, 0.1) is 11.7 Å². The van der Waals surface area contributed by atoms with E-state index in [2.05, 4.69) is 15.5 Å². The minimum absolute atomic E-state index is 0.214. The number of nitrogens with one attached hydrogen (secondary N) is 1. The first kappa shape index (κ1) is 30.3. The molecule has 1 unspecified atom stereocenters. The molecule has 6 rings (SSSR count). The molecule has 5 nitrogen and oxygen atoms in total. The quantitative estimate of drug-likeness (QED) is 0.153. The topological polar surface area (TPSA) is 59.8 Å². The van der Waals surface area contributed by atoms with E-state index in [9.17, 15) is 9.18 Å². The predicted octanol–water partition coefficient (Wildman–Crippen LogP) is 9.04. The average molecular weight is 633 g/mol. The van der Waals surface area contributed by atoms with Gasteiger partial charge in [0.2, 0.25) is 0 Å². The molecule has 1 amide bonds. The number of benzene rings is 5. The van der Waals surface area contributed by atoms with Gasteiger partial charge >= 0.3 is 0 Å². The van der Waals surface area contributed by atoms with Crippen LogP contribution >= 0.6 is 23.4 Å². The van der Waals surface area contributed by atoms with Crippen molar-refractivity contribution < 1.29 is 9.18 Å². The van der Waals surface area contributed by atoms with E-state index in [1.54, 1.807) is 12.1 Å². The standard InChI is InChI=1S/C37H30ClFN4OS/c1-25-12-19-31(38)23-34(25)43-35(41-42-37(43)45-24-27-13-20-32(39)21-14-27)33(22-26-8-4-2-5-9-26)40-36(44)30-17-15-29(16-18-30)28-10-6-3-7-11-28/h2-21,23,33H,22,24H2,1H3,(H,40,44). The van der Waals surface area contributed by atoms with E-state index in [0.29, 0.717) is 33.7 Å². The molecule has 224 valence electrons. The second-order valence-corrected chi connectivity index (χ2v) is 12.1. The van der Waals surface area contributed by atoms with Gasteiger partial charge < -0.3 is 5.32 Å². The van der Waals surface area contributed by atoms with Crippen LogP contribution in [0.15, 0.2) is 133 Å². The first-order valence-electron chi connectivity index (χ1n) is 14.5. The van der Waals surface area contributed by atoms with Gasteiger partial charge in [-0.3, -0.25) is 9.36 Å². The Bertz CT molecular complexity index is 1900. The summed E-state index contributed by atoms with van der Waals surface area (Å²) in [4.78, 5) is 13.8. The largest absolute Gasteiger partial charge is 0.342 e. The lowest BCUT2D eigenvalue weighted by atomic mass is 10.0. The van der Waals surface area contributed by atoms with Crippen molar-refractivity contribution in [3.8, 4) is 16.8 Å². The van der Waals surface area contributed by atoms with Gasteiger partial charge in [-0.1, -0.05) is 114 Å². The number of carbonyl (C=O) groups is 1. The van der Waals surface area contributed by atoms with Crippen LogP contribution in [0.25, 0.3) is 16.8 Å². The Hall–Kier alpha value is -4.72. The summed E-state index contributed by atoms with van der Waals surface area (Å²) in [5.74, 6) is 0.646. The Morgan fingerprint density at radius 2 is 1.49 bits per heavy atom. The Morgan fingerprint density at radius 1 is 0.822 bits per heavy atom. The lowest BCUT2D eigenvalue weighted by Gasteiger charge is -2.21. The highest BCUT2D eigenvalue weighted by atomic mass is 35.5. The van der Waals surface area contributed by atoms with E-state index in [1.165, 1.54) is 23.9 Å². The van der Waals surface area contributed by atoms with E-state index in [1.807, 2.05) is 115 Å². The van der Waals surface area contributed by atoms with Crippen LogP contribution in [-0.2, 0) is 12.2 Å². The fourth-order valence-electron chi connectivity index (χ4n) is 5.12. The fourth-order valence-corrected chi connectivity index (χ4v) is 6.20. The number of carbonyl (C=O) groups excluding carboxylic acids is 1. The summed E-state index contributed by atoms with van der Waals surface area (Å²) in [7, 11) is 0. The predicted molar refractivity (Wildman–Crippen MR) is 179 cm³/mol. The molecule has 0 radical (unpaired) electrons. The van der Waals surface area contributed by atoms with E-state index in [0.717, 1.165) is 33.5 Å². The first-order chi connectivity index (χ1) is 21.9. The van der Waals surface area contributed by atoms with Crippen LogP contribution < -0.4 is 5.32 Å². The van der Waals surface area contributed by atoms with Crippen molar-refractivity contribution in [3.63, 3.8) is 0 Å². The van der Waals surface area contributed by atoms with Gasteiger partial charge in [-0.2, -0.15) is 0 Å². The maximum atomic E-state index is 13.8. The number of aryl methyl sites for hydroxylation is 1. The second-order valence-electron chi connectivity index (χ2n) is 10.7. The fraction of sp³-hybridized carbons (Fsp3) is 0.108. The van der Waals surface area contributed by atoms with Gasteiger partial charge in [0.25, 0.3) is 5.91 Å². The number of nitrogens with zero attached hydrogens (tertiary/aromatic N) is 3. The molecule has 0 saturated carbocycles. The number of aromatic nitrogens is 3. The molecule has 1 atom stereocenters. The summed E-state index contributed by atoms with van der Waals surface area (Å²) in [5.41, 5.74) is 6.46. The normalized spacial score (nSPS) is 11.7. The van der Waals surface area contributed by atoms with Crippen LogP contribution in [0.2, 0.25) is 5.02 Å². The van der Waals surface area contributed by atoms with E-state index in [-0.39, 0.29) is 11.7 Å². The summed E-state index contributed by atoms with van der Waals surface area (Å²) in [6, 6.07) is 39.2. The molecule has 0 saturated heterocycles. The molecule has 1 heterocycles. The van der Waals surface area contributed by atoms with Crippen LogP contribution in [0.3, 0.4) is 0 Å². The third kappa shape index (κ3) is 7.33. The highest BCUT2D eigenvalue weighted by Gasteiger charge is 2.26. The third-order valence-corrected chi connectivity index (χ3v) is 8.74. The van der Waals surface area contributed by atoms with Gasteiger partial charge in [-0.05, 0) is 77.6 Å². The second kappa shape index (κ2) is 13.9. The smallest absolute Gasteiger partial charge is 0.251 e. The zero-order chi connectivity index (χ0) is 31.2. The highest BCUT2D eigenvalue weighted by Crippen LogP contribution is 2.32. The number of halogens is 2. The van der Waals surface area contributed by atoms with Crippen molar-refractivity contribution in [1.29, 1.82) is 0 Å². The van der Waals surface area contributed by atoms with Gasteiger partial charge in [-0.25, -0.2) is 4.39 Å². The van der Waals surface area contributed by atoms with Crippen LogP contribution in [-0.4, -0.2) is 20.7 Å². The molecule has 0 aliphatic heterocycles. The molecule has 0 aliphatic rings. The summed E-state index contributed by atoms with van der Waals surface area (Å²) in [5, 5.41) is 13.7. The van der Waals surface area contributed by atoms with Crippen molar-refractivity contribution in [2.75, 3.05) is 0 Å². The van der Waals surface area contributed by atoms with Crippen LogP contribution in [0.1, 0.15) is 38.9 Å². The van der Waals surface area contributed by atoms with E-state index in [4.69, 9.17) is 11.6 Å². The minimum Gasteiger partial charge on any atom is -0.342 e. The number of hydrogen-bond acceptors (Lipinski definition) is 4. The molecule has 0 bridgehead atoms. The van der Waals surface area contributed by atoms with Gasteiger partial charge in [0, 0.05) is 16.3 Å². The molecular weight excluding hydrogens is 603 g/mol. The molecule has 8 heteroatoms. The Kier molecular flexibility index (Phi) is 9.38. The average Bonchev–Trinajstić information content (AvgIpc) is 3.50. The Morgan fingerprint density at radius 3 is 2.20 bits per heavy atom. The van der Waals surface area contributed by atoms with Crippen molar-refractivity contribution in [1.82, 2.24) is 20.1 Å². The van der Waals surface area contributed by atoms with Crippen LogP contribution in [0.5, 0.6) is 0 Å². The van der Waals surface area contributed by atoms with Crippen molar-refractivity contribution in [2.45, 2.75) is 30.3 Å². The molecule has 1 aromatic heterocycles. The Balaban J connectivity index is 1.36. The monoisotopic (exact) mass is 632 g/mol. The molecule has 45 heavy (non-hydrogen) atoms. The molecule has 1 N–H and O–H groups in total. The van der Waals surface area contributed by atoms with E-state index >= 15 is 0 Å². The Labute approximate surface area is 271 Å². The molecule has 0 aliphatic carbocycles. The minimum atomic E-state index is -0.514. The molecule has 5 aromatic carbocycles. The molecule has 6 aromatic rings. The summed E-state index contributed by atoms with van der Waals surface area (Å²) >= 11 is 7.98. The summed E-state index contributed by atoms with van der Waals surface area (Å²) in [6.45, 7) is 2.00. The number of rotatable bonds is 10. The van der Waals surface area contributed by atoms with Crippen molar-refractivity contribution in [2.24, 2.45) is 0 Å². The SMILES string of the molecule is Cc1ccc(Cl)cc1-n1c(SCc2ccc(F)cc2)nnc1C(Cc1ccccc1)NC(=O)c1ccc(-c2ccccc2)cc1. The van der Waals surface area contributed by atoms with Gasteiger partial charge in [0.1, 0.15) is 5.82 Å². The zero-order valence-electron chi connectivity index (χ0n) is 24.5. The van der Waals surface area contributed by atoms with Gasteiger partial charge in [0.15, 0.2) is 11.0 Å². The lowest BCUT2D eigenvalue weighted by Crippen LogP contribution is -2.32. The van der Waals surface area contributed by atoms with Crippen molar-refractivity contribution in [3.05, 3.63) is 166 Å². The van der Waals surface area contributed by atoms with Crippen LogP contribution in [0.4, 0.5) is 4.39 Å². The highest BCUT2D eigenvalue weighted by molar-refractivity contribution is 7.98. The third-order valence-electron chi connectivity index (χ3n) is 7.51. The maximum Gasteiger partial charge on any atom is 0.251 e. The number of amides is 1.